The van der Waals surface area contributed by atoms with E-state index in [1.54, 1.807) is 0 Å². The van der Waals surface area contributed by atoms with E-state index in [0.717, 1.165) is 33.6 Å². The van der Waals surface area contributed by atoms with Crippen molar-refractivity contribution in [3.05, 3.63) is 70.9 Å². The fourth-order valence-electron chi connectivity index (χ4n) is 3.30. The molecule has 122 valence electrons. The highest BCUT2D eigenvalue weighted by molar-refractivity contribution is 6.30. The van der Waals surface area contributed by atoms with Crippen LogP contribution in [0.1, 0.15) is 29.4 Å². The molecule has 0 radical (unpaired) electrons. The van der Waals surface area contributed by atoms with Crippen LogP contribution in [0.15, 0.2) is 54.6 Å². The molecule has 0 spiro atoms. The maximum Gasteiger partial charge on any atom is 0.179 e. The predicted molar refractivity (Wildman–Crippen MR) is 101 cm³/mol. The second-order valence-corrected chi connectivity index (χ2v) is 6.34. The summed E-state index contributed by atoms with van der Waals surface area (Å²) in [5.74, 6) is 0.152. The average molecular weight is 338 g/mol. The first-order valence-electron chi connectivity index (χ1n) is 8.08. The molecule has 0 aliphatic rings. The average Bonchev–Trinajstić information content (AvgIpc) is 2.86. The molecule has 1 aromatic heterocycles. The number of nitrogens with zero attached hydrogens (tertiary/aromatic N) is 1. The van der Waals surface area contributed by atoms with Crippen LogP contribution in [0.2, 0.25) is 5.02 Å². The predicted octanol–water partition coefficient (Wildman–Crippen LogP) is 5.91. The highest BCUT2D eigenvalue weighted by Gasteiger charge is 2.23. The first-order valence-corrected chi connectivity index (χ1v) is 8.46. The van der Waals surface area contributed by atoms with Crippen molar-refractivity contribution in [1.29, 1.82) is 0 Å². The molecule has 3 heteroatoms. The highest BCUT2D eigenvalue weighted by Crippen LogP contribution is 2.37. The van der Waals surface area contributed by atoms with Gasteiger partial charge in [0.25, 0.3) is 0 Å². The van der Waals surface area contributed by atoms with Crippen LogP contribution in [0, 0.1) is 6.92 Å². The Hall–Kier alpha value is -2.32. The standard InChI is InChI=1S/C21H20ClNO/c1-4-18(24)21-19(15-8-6-5-7-9-15)14(2)20(23(21)3)16-10-12-17(22)13-11-16/h5-13H,4H2,1-3H3. The van der Waals surface area contributed by atoms with Crippen LogP contribution in [-0.4, -0.2) is 10.4 Å². The first-order chi connectivity index (χ1) is 11.5. The molecule has 2 aromatic carbocycles. The van der Waals surface area contributed by atoms with E-state index in [1.807, 2.05) is 61.0 Å². The smallest absolute Gasteiger partial charge is 0.179 e. The van der Waals surface area contributed by atoms with E-state index in [2.05, 4.69) is 19.1 Å². The lowest BCUT2D eigenvalue weighted by atomic mass is 9.97. The van der Waals surface area contributed by atoms with Crippen molar-refractivity contribution in [1.82, 2.24) is 4.57 Å². The summed E-state index contributed by atoms with van der Waals surface area (Å²) in [7, 11) is 1.96. The zero-order valence-electron chi connectivity index (χ0n) is 14.1. The van der Waals surface area contributed by atoms with Crippen molar-refractivity contribution in [3.8, 4) is 22.4 Å². The van der Waals surface area contributed by atoms with Crippen molar-refractivity contribution >= 4 is 17.4 Å². The normalized spacial score (nSPS) is 10.8. The lowest BCUT2D eigenvalue weighted by molar-refractivity contribution is 0.0981. The molecule has 0 amide bonds. The third kappa shape index (κ3) is 2.78. The number of halogens is 1. The van der Waals surface area contributed by atoms with E-state index in [1.165, 1.54) is 0 Å². The number of benzene rings is 2. The molecule has 1 heterocycles. The molecule has 0 aliphatic carbocycles. The van der Waals surface area contributed by atoms with E-state index in [0.29, 0.717) is 11.4 Å². The topological polar surface area (TPSA) is 22.0 Å². The van der Waals surface area contributed by atoms with Gasteiger partial charge in [-0.2, -0.15) is 0 Å². The lowest BCUT2D eigenvalue weighted by Gasteiger charge is -2.08. The number of hydrogen-bond donors (Lipinski definition) is 0. The van der Waals surface area contributed by atoms with E-state index < -0.39 is 0 Å². The van der Waals surface area contributed by atoms with E-state index in [4.69, 9.17) is 11.6 Å². The number of ketones is 1. The lowest BCUT2D eigenvalue weighted by Crippen LogP contribution is -2.06. The molecule has 0 atom stereocenters. The van der Waals surface area contributed by atoms with Gasteiger partial charge < -0.3 is 4.57 Å². The third-order valence-electron chi connectivity index (χ3n) is 4.40. The van der Waals surface area contributed by atoms with Crippen LogP contribution in [0.3, 0.4) is 0 Å². The van der Waals surface area contributed by atoms with Crippen molar-refractivity contribution in [2.75, 3.05) is 0 Å². The third-order valence-corrected chi connectivity index (χ3v) is 4.66. The molecule has 2 nitrogen and oxygen atoms in total. The van der Waals surface area contributed by atoms with Gasteiger partial charge in [-0.25, -0.2) is 0 Å². The minimum atomic E-state index is 0.152. The monoisotopic (exact) mass is 337 g/mol. The Balaban J connectivity index is 2.31. The van der Waals surface area contributed by atoms with Crippen LogP contribution in [0.5, 0.6) is 0 Å². The molecule has 3 aromatic rings. The zero-order chi connectivity index (χ0) is 17.3. The van der Waals surface area contributed by atoms with Gasteiger partial charge in [-0.15, -0.1) is 0 Å². The van der Waals surface area contributed by atoms with Crippen LogP contribution in [0.25, 0.3) is 22.4 Å². The Morgan fingerprint density at radius 3 is 2.21 bits per heavy atom. The molecule has 0 N–H and O–H groups in total. The second kappa shape index (κ2) is 6.66. The zero-order valence-corrected chi connectivity index (χ0v) is 14.9. The summed E-state index contributed by atoms with van der Waals surface area (Å²) >= 11 is 6.02. The minimum Gasteiger partial charge on any atom is -0.340 e. The molecule has 0 saturated heterocycles. The summed E-state index contributed by atoms with van der Waals surface area (Å²) in [4.78, 5) is 12.6. The fraction of sp³-hybridized carbons (Fsp3) is 0.190. The Morgan fingerprint density at radius 1 is 1.00 bits per heavy atom. The highest BCUT2D eigenvalue weighted by atomic mass is 35.5. The number of hydrogen-bond acceptors (Lipinski definition) is 1. The van der Waals surface area contributed by atoms with Gasteiger partial charge in [0.1, 0.15) is 0 Å². The maximum absolute atomic E-state index is 12.6. The Kier molecular flexibility index (Phi) is 4.59. The Morgan fingerprint density at radius 2 is 1.62 bits per heavy atom. The molecule has 3 rings (SSSR count). The van der Waals surface area contributed by atoms with Crippen LogP contribution < -0.4 is 0 Å². The molecule has 0 bridgehead atoms. The summed E-state index contributed by atoms with van der Waals surface area (Å²) in [6, 6.07) is 17.9. The molecular weight excluding hydrogens is 318 g/mol. The first kappa shape index (κ1) is 16.5. The SMILES string of the molecule is CCC(=O)c1c(-c2ccccc2)c(C)c(-c2ccc(Cl)cc2)n1C. The Bertz CT molecular complexity index is 876. The van der Waals surface area contributed by atoms with E-state index in [-0.39, 0.29) is 5.78 Å². The summed E-state index contributed by atoms with van der Waals surface area (Å²) in [5, 5.41) is 0.707. The van der Waals surface area contributed by atoms with Gasteiger partial charge in [-0.3, -0.25) is 4.79 Å². The van der Waals surface area contributed by atoms with Gasteiger partial charge in [0.05, 0.1) is 11.4 Å². The molecular formula is C21H20ClNO. The van der Waals surface area contributed by atoms with Crippen molar-refractivity contribution in [2.24, 2.45) is 7.05 Å². The van der Waals surface area contributed by atoms with Crippen molar-refractivity contribution in [2.45, 2.75) is 20.3 Å². The number of carbonyl (C=O) groups is 1. The molecule has 0 saturated carbocycles. The largest absolute Gasteiger partial charge is 0.340 e. The number of carbonyl (C=O) groups excluding carboxylic acids is 1. The van der Waals surface area contributed by atoms with Gasteiger partial charge in [0, 0.05) is 24.1 Å². The summed E-state index contributed by atoms with van der Waals surface area (Å²) in [6.07, 6.45) is 0.483. The van der Waals surface area contributed by atoms with Gasteiger partial charge in [-0.05, 0) is 35.7 Å². The summed E-state index contributed by atoms with van der Waals surface area (Å²) in [6.45, 7) is 3.99. The van der Waals surface area contributed by atoms with Crippen molar-refractivity contribution in [3.63, 3.8) is 0 Å². The quantitative estimate of drug-likeness (QED) is 0.542. The maximum atomic E-state index is 12.6. The van der Waals surface area contributed by atoms with Gasteiger partial charge >= 0.3 is 0 Å². The van der Waals surface area contributed by atoms with Gasteiger partial charge in [0.2, 0.25) is 0 Å². The molecule has 0 aliphatic heterocycles. The van der Waals surface area contributed by atoms with Crippen LogP contribution >= 0.6 is 11.6 Å². The fourth-order valence-corrected chi connectivity index (χ4v) is 3.42. The summed E-state index contributed by atoms with van der Waals surface area (Å²) in [5.41, 5.74) is 6.10. The number of rotatable bonds is 4. The van der Waals surface area contributed by atoms with Crippen molar-refractivity contribution < 1.29 is 4.79 Å². The molecule has 24 heavy (non-hydrogen) atoms. The number of Topliss-reactive ketones (excluding diaryl/α,β-unsaturated/α-hetero) is 1. The van der Waals surface area contributed by atoms with Crippen LogP contribution in [0.4, 0.5) is 0 Å². The minimum absolute atomic E-state index is 0.152. The van der Waals surface area contributed by atoms with E-state index in [9.17, 15) is 4.79 Å². The van der Waals surface area contributed by atoms with Gasteiger partial charge in [-0.1, -0.05) is 61.0 Å². The number of aromatic nitrogens is 1. The Labute approximate surface area is 147 Å². The second-order valence-electron chi connectivity index (χ2n) is 5.91. The molecule has 0 fully saturated rings. The van der Waals surface area contributed by atoms with E-state index >= 15 is 0 Å². The molecule has 0 unspecified atom stereocenters. The van der Waals surface area contributed by atoms with Crippen LogP contribution in [-0.2, 0) is 7.05 Å². The van der Waals surface area contributed by atoms with Gasteiger partial charge in [0.15, 0.2) is 5.78 Å². The summed E-state index contributed by atoms with van der Waals surface area (Å²) < 4.78 is 2.02.